The van der Waals surface area contributed by atoms with E-state index in [0.29, 0.717) is 40.1 Å². The number of pyridine rings is 2. The topological polar surface area (TPSA) is 140 Å². The normalized spacial score (nSPS) is 10.7. The number of aromatic nitrogens is 4. The molecule has 0 radical (unpaired) electrons. The Bertz CT molecular complexity index is 1420. The fourth-order valence-electron chi connectivity index (χ4n) is 3.53. The molecule has 3 aromatic heterocycles. The summed E-state index contributed by atoms with van der Waals surface area (Å²) >= 11 is 0. The van der Waals surface area contributed by atoms with Gasteiger partial charge in [0, 0.05) is 17.8 Å². The summed E-state index contributed by atoms with van der Waals surface area (Å²) in [6, 6.07) is 12.3. The zero-order chi connectivity index (χ0) is 22.8. The average Bonchev–Trinajstić information content (AvgIpc) is 3.05. The van der Waals surface area contributed by atoms with Gasteiger partial charge in [-0.25, -0.2) is 4.98 Å². The van der Waals surface area contributed by atoms with Gasteiger partial charge in [-0.1, -0.05) is 18.2 Å². The SMILES string of the molecule is Cc1nn(Cc2ccncc2C#N)c(C)c1NC(=O)c1cc(C(N)=O)c2ccccc2n1. The quantitative estimate of drug-likeness (QED) is 0.504. The van der Waals surface area contributed by atoms with E-state index in [1.54, 1.807) is 48.1 Å². The van der Waals surface area contributed by atoms with Crippen LogP contribution in [0.1, 0.15) is 43.4 Å². The summed E-state index contributed by atoms with van der Waals surface area (Å²) in [5, 5.41) is 17.2. The molecule has 0 aliphatic carbocycles. The number of nitrogens with two attached hydrogens (primary N) is 1. The van der Waals surface area contributed by atoms with Crippen molar-refractivity contribution in [2.45, 2.75) is 20.4 Å². The average molecular weight is 425 g/mol. The van der Waals surface area contributed by atoms with Crippen LogP contribution in [-0.2, 0) is 6.54 Å². The number of rotatable bonds is 5. The molecule has 0 saturated carbocycles. The van der Waals surface area contributed by atoms with Gasteiger partial charge in [0.2, 0.25) is 5.91 Å². The van der Waals surface area contributed by atoms with Crippen LogP contribution in [-0.4, -0.2) is 31.6 Å². The second-order valence-corrected chi connectivity index (χ2v) is 7.24. The molecule has 9 nitrogen and oxygen atoms in total. The van der Waals surface area contributed by atoms with Crippen LogP contribution in [0.5, 0.6) is 0 Å². The number of amides is 2. The first-order valence-corrected chi connectivity index (χ1v) is 9.77. The van der Waals surface area contributed by atoms with Gasteiger partial charge < -0.3 is 11.1 Å². The van der Waals surface area contributed by atoms with E-state index in [2.05, 4.69) is 26.5 Å². The fourth-order valence-corrected chi connectivity index (χ4v) is 3.53. The summed E-state index contributed by atoms with van der Waals surface area (Å²) in [7, 11) is 0. The first kappa shape index (κ1) is 20.7. The third-order valence-electron chi connectivity index (χ3n) is 5.19. The number of carbonyl (C=O) groups excluding carboxylic acids is 2. The first-order valence-electron chi connectivity index (χ1n) is 9.77. The molecular weight excluding hydrogens is 406 g/mol. The van der Waals surface area contributed by atoms with Crippen molar-refractivity contribution in [1.82, 2.24) is 19.7 Å². The minimum atomic E-state index is -0.636. The Morgan fingerprint density at radius 3 is 2.75 bits per heavy atom. The molecule has 9 heteroatoms. The molecular formula is C23H19N7O2. The molecule has 0 unspecified atom stereocenters. The molecule has 4 aromatic rings. The smallest absolute Gasteiger partial charge is 0.274 e. The van der Waals surface area contributed by atoms with Gasteiger partial charge in [-0.05, 0) is 37.6 Å². The van der Waals surface area contributed by atoms with Crippen molar-refractivity contribution in [3.8, 4) is 6.07 Å². The highest BCUT2D eigenvalue weighted by Crippen LogP contribution is 2.23. The lowest BCUT2D eigenvalue weighted by Crippen LogP contribution is -2.18. The number of nitrogens with zero attached hydrogens (tertiary/aromatic N) is 5. The number of nitrogens with one attached hydrogen (secondary N) is 1. The molecule has 0 aliphatic rings. The van der Waals surface area contributed by atoms with Gasteiger partial charge in [0.25, 0.3) is 5.91 Å². The van der Waals surface area contributed by atoms with Gasteiger partial charge in [0.05, 0.1) is 40.3 Å². The summed E-state index contributed by atoms with van der Waals surface area (Å²) in [6.07, 6.45) is 3.12. The highest BCUT2D eigenvalue weighted by atomic mass is 16.2. The Balaban J connectivity index is 1.66. The number of hydrogen-bond donors (Lipinski definition) is 2. The minimum absolute atomic E-state index is 0.0740. The number of carbonyl (C=O) groups is 2. The molecule has 2 amide bonds. The van der Waals surface area contributed by atoms with E-state index in [4.69, 9.17) is 5.73 Å². The number of fused-ring (bicyclic) bond motifs is 1. The second kappa shape index (κ2) is 8.28. The van der Waals surface area contributed by atoms with Crippen LogP contribution in [0.4, 0.5) is 5.69 Å². The number of anilines is 1. The summed E-state index contributed by atoms with van der Waals surface area (Å²) < 4.78 is 1.71. The van der Waals surface area contributed by atoms with Crippen LogP contribution in [0, 0.1) is 25.2 Å². The minimum Gasteiger partial charge on any atom is -0.366 e. The van der Waals surface area contributed by atoms with Crippen molar-refractivity contribution in [2.75, 3.05) is 5.32 Å². The van der Waals surface area contributed by atoms with Crippen molar-refractivity contribution in [1.29, 1.82) is 5.26 Å². The van der Waals surface area contributed by atoms with Crippen molar-refractivity contribution in [2.24, 2.45) is 5.73 Å². The van der Waals surface area contributed by atoms with Crippen molar-refractivity contribution < 1.29 is 9.59 Å². The van der Waals surface area contributed by atoms with E-state index in [1.807, 2.05) is 6.92 Å². The number of primary amides is 1. The van der Waals surface area contributed by atoms with E-state index >= 15 is 0 Å². The fraction of sp³-hybridized carbons (Fsp3) is 0.130. The molecule has 0 aliphatic heterocycles. The van der Waals surface area contributed by atoms with Gasteiger partial charge in [-0.2, -0.15) is 10.4 Å². The third-order valence-corrected chi connectivity index (χ3v) is 5.19. The Morgan fingerprint density at radius 1 is 1.22 bits per heavy atom. The Labute approximate surface area is 183 Å². The molecule has 4 rings (SSSR count). The molecule has 0 spiro atoms. The number of aryl methyl sites for hydroxylation is 1. The molecule has 158 valence electrons. The van der Waals surface area contributed by atoms with E-state index in [1.165, 1.54) is 12.3 Å². The summed E-state index contributed by atoms with van der Waals surface area (Å²) in [5.74, 6) is -1.12. The molecule has 0 saturated heterocycles. The Kier molecular flexibility index (Phi) is 5.35. The maximum Gasteiger partial charge on any atom is 0.274 e. The highest BCUT2D eigenvalue weighted by molar-refractivity contribution is 6.10. The summed E-state index contributed by atoms with van der Waals surface area (Å²) in [5.41, 5.74) is 9.41. The lowest BCUT2D eigenvalue weighted by Gasteiger charge is -2.09. The Morgan fingerprint density at radius 2 is 2.00 bits per heavy atom. The van der Waals surface area contributed by atoms with Gasteiger partial charge in [0.1, 0.15) is 11.8 Å². The standard InChI is InChI=1S/C23H19N7O2/c1-13-21(14(2)30(29-13)12-15-7-8-26-11-16(15)10-24)28-23(32)20-9-18(22(25)31)17-5-3-4-6-19(17)27-20/h3-9,11H,12H2,1-2H3,(H2,25,31)(H,28,32). The second-order valence-electron chi connectivity index (χ2n) is 7.24. The van der Waals surface area contributed by atoms with Crippen LogP contribution >= 0.6 is 0 Å². The van der Waals surface area contributed by atoms with Gasteiger partial charge in [-0.3, -0.25) is 19.3 Å². The largest absolute Gasteiger partial charge is 0.366 e. The molecule has 3 heterocycles. The van der Waals surface area contributed by atoms with E-state index in [-0.39, 0.29) is 11.3 Å². The van der Waals surface area contributed by atoms with Gasteiger partial charge in [0.15, 0.2) is 0 Å². The molecule has 0 bridgehead atoms. The van der Waals surface area contributed by atoms with E-state index < -0.39 is 11.8 Å². The third kappa shape index (κ3) is 3.77. The van der Waals surface area contributed by atoms with E-state index in [9.17, 15) is 14.9 Å². The predicted molar refractivity (Wildman–Crippen MR) is 118 cm³/mol. The Hall–Kier alpha value is -4.58. The maximum absolute atomic E-state index is 13.0. The zero-order valence-corrected chi connectivity index (χ0v) is 17.5. The number of nitriles is 1. The highest BCUT2D eigenvalue weighted by Gasteiger charge is 2.19. The van der Waals surface area contributed by atoms with Crippen molar-refractivity contribution in [3.05, 3.63) is 82.6 Å². The van der Waals surface area contributed by atoms with Crippen molar-refractivity contribution in [3.63, 3.8) is 0 Å². The van der Waals surface area contributed by atoms with Crippen molar-refractivity contribution >= 4 is 28.4 Å². The lowest BCUT2D eigenvalue weighted by atomic mass is 10.1. The zero-order valence-electron chi connectivity index (χ0n) is 17.5. The van der Waals surface area contributed by atoms with Gasteiger partial charge >= 0.3 is 0 Å². The van der Waals surface area contributed by atoms with Gasteiger partial charge in [-0.15, -0.1) is 0 Å². The van der Waals surface area contributed by atoms with Crippen LogP contribution in [0.3, 0.4) is 0 Å². The summed E-state index contributed by atoms with van der Waals surface area (Å²) in [4.78, 5) is 33.2. The van der Waals surface area contributed by atoms with Crippen LogP contribution in [0.2, 0.25) is 0 Å². The maximum atomic E-state index is 13.0. The predicted octanol–water partition coefficient (Wildman–Crippen LogP) is 2.71. The van der Waals surface area contributed by atoms with Crippen LogP contribution < -0.4 is 11.1 Å². The molecule has 1 aromatic carbocycles. The lowest BCUT2D eigenvalue weighted by molar-refractivity contribution is 0.100. The summed E-state index contributed by atoms with van der Waals surface area (Å²) in [6.45, 7) is 3.96. The van der Waals surface area contributed by atoms with Crippen LogP contribution in [0.25, 0.3) is 10.9 Å². The monoisotopic (exact) mass is 425 g/mol. The molecule has 0 fully saturated rings. The number of benzene rings is 1. The number of para-hydroxylation sites is 1. The van der Waals surface area contributed by atoms with Crippen LogP contribution in [0.15, 0.2) is 48.8 Å². The molecule has 0 atom stereocenters. The molecule has 3 N–H and O–H groups in total. The number of hydrogen-bond acceptors (Lipinski definition) is 6. The molecule has 32 heavy (non-hydrogen) atoms. The first-order chi connectivity index (χ1) is 15.4. The van der Waals surface area contributed by atoms with E-state index in [0.717, 1.165) is 5.56 Å².